The molecule has 0 aliphatic carbocycles. The summed E-state index contributed by atoms with van der Waals surface area (Å²) in [7, 11) is 0. The van der Waals surface area contributed by atoms with Gasteiger partial charge in [0.25, 0.3) is 11.5 Å². The zero-order valence-corrected chi connectivity index (χ0v) is 26.9. The van der Waals surface area contributed by atoms with Gasteiger partial charge in [0.2, 0.25) is 0 Å². The standard InChI is InChI=1S/C35H35N3O7S/c1-5-42-26-16-14-24(15-17-26)32-31(33(40)37-25-11-9-8-10-12-25)22(4)36-35-38(32)34(41)29(46-35)20-23-13-18-27(28(19-23)43-6-2)45-21-30(39)44-7-3/h8-20,32H,5-7,21H2,1-4H3,(H,37,40)/b29-20-/t32-/m1/s1. The molecule has 1 aromatic heterocycles. The maximum Gasteiger partial charge on any atom is 0.344 e. The summed E-state index contributed by atoms with van der Waals surface area (Å²) in [5, 5.41) is 2.96. The molecule has 0 fully saturated rings. The molecule has 1 amide bonds. The molecule has 0 bridgehead atoms. The topological polar surface area (TPSA) is 117 Å². The highest BCUT2D eigenvalue weighted by Crippen LogP contribution is 2.32. The molecule has 2 heterocycles. The number of aromatic nitrogens is 1. The van der Waals surface area contributed by atoms with Gasteiger partial charge in [-0.25, -0.2) is 9.79 Å². The van der Waals surface area contributed by atoms with E-state index in [1.54, 1.807) is 54.8 Å². The van der Waals surface area contributed by atoms with Gasteiger partial charge >= 0.3 is 5.97 Å². The number of carbonyl (C=O) groups is 2. The molecule has 46 heavy (non-hydrogen) atoms. The number of nitrogens with one attached hydrogen (secondary N) is 1. The third kappa shape index (κ3) is 7.21. The summed E-state index contributed by atoms with van der Waals surface area (Å²) >= 11 is 1.24. The number of nitrogens with zero attached hydrogens (tertiary/aromatic N) is 2. The average Bonchev–Trinajstić information content (AvgIpc) is 3.35. The summed E-state index contributed by atoms with van der Waals surface area (Å²) in [6.07, 6.45) is 1.75. The first-order valence-electron chi connectivity index (χ1n) is 15.0. The van der Waals surface area contributed by atoms with Crippen molar-refractivity contribution in [1.82, 2.24) is 4.57 Å². The highest BCUT2D eigenvalue weighted by Gasteiger charge is 2.32. The molecule has 0 spiro atoms. The monoisotopic (exact) mass is 641 g/mol. The van der Waals surface area contributed by atoms with Gasteiger partial charge in [-0.3, -0.25) is 14.2 Å². The summed E-state index contributed by atoms with van der Waals surface area (Å²) in [6.45, 7) is 8.15. The number of para-hydroxylation sites is 1. The predicted molar refractivity (Wildman–Crippen MR) is 176 cm³/mol. The second kappa shape index (κ2) is 14.7. The van der Waals surface area contributed by atoms with Gasteiger partial charge in [0.1, 0.15) is 5.75 Å². The van der Waals surface area contributed by atoms with E-state index < -0.39 is 12.0 Å². The number of carbonyl (C=O) groups excluding carboxylic acids is 2. The van der Waals surface area contributed by atoms with Gasteiger partial charge in [-0.15, -0.1) is 0 Å². The number of anilines is 1. The molecular weight excluding hydrogens is 606 g/mol. The van der Waals surface area contributed by atoms with Gasteiger partial charge in [-0.1, -0.05) is 47.7 Å². The number of fused-ring (bicyclic) bond motifs is 1. The van der Waals surface area contributed by atoms with Crippen molar-refractivity contribution in [3.05, 3.63) is 115 Å². The van der Waals surface area contributed by atoms with E-state index in [9.17, 15) is 14.4 Å². The number of esters is 1. The van der Waals surface area contributed by atoms with Crippen LogP contribution in [0.2, 0.25) is 0 Å². The summed E-state index contributed by atoms with van der Waals surface area (Å²) in [4.78, 5) is 44.9. The first kappa shape index (κ1) is 32.2. The van der Waals surface area contributed by atoms with E-state index in [4.69, 9.17) is 23.9 Å². The van der Waals surface area contributed by atoms with Crippen molar-refractivity contribution in [3.63, 3.8) is 0 Å². The first-order valence-corrected chi connectivity index (χ1v) is 15.8. The van der Waals surface area contributed by atoms with Gasteiger partial charge in [-0.05, 0) is 81.3 Å². The number of thiazole rings is 1. The Morgan fingerprint density at radius 3 is 2.35 bits per heavy atom. The van der Waals surface area contributed by atoms with Crippen molar-refractivity contribution in [2.75, 3.05) is 31.7 Å². The second-order valence-corrected chi connectivity index (χ2v) is 11.1. The maximum atomic E-state index is 14.1. The lowest BCUT2D eigenvalue weighted by atomic mass is 9.95. The number of hydrogen-bond donors (Lipinski definition) is 1. The molecule has 0 saturated heterocycles. The lowest BCUT2D eigenvalue weighted by Crippen LogP contribution is -2.40. The Kier molecular flexibility index (Phi) is 10.3. The lowest BCUT2D eigenvalue weighted by Gasteiger charge is -2.25. The summed E-state index contributed by atoms with van der Waals surface area (Å²) in [5.41, 5.74) is 2.66. The average molecular weight is 642 g/mol. The van der Waals surface area contributed by atoms with E-state index in [1.165, 1.54) is 11.3 Å². The van der Waals surface area contributed by atoms with Crippen LogP contribution in [0.15, 0.2) is 93.9 Å². The Hall–Kier alpha value is -5.16. The normalized spacial score (nSPS) is 14.3. The van der Waals surface area contributed by atoms with Gasteiger partial charge < -0.3 is 24.3 Å². The third-order valence-corrected chi connectivity index (χ3v) is 8.00. The minimum Gasteiger partial charge on any atom is -0.494 e. The maximum absolute atomic E-state index is 14.1. The van der Waals surface area contributed by atoms with Crippen LogP contribution in [0.3, 0.4) is 0 Å². The molecule has 3 aromatic carbocycles. The van der Waals surface area contributed by atoms with Crippen molar-refractivity contribution in [3.8, 4) is 17.2 Å². The molecule has 0 saturated carbocycles. The largest absolute Gasteiger partial charge is 0.494 e. The fraction of sp³-hybridized carbons (Fsp3) is 0.257. The van der Waals surface area contributed by atoms with Crippen molar-refractivity contribution in [1.29, 1.82) is 0 Å². The number of amides is 1. The second-order valence-electron chi connectivity index (χ2n) is 10.1. The first-order chi connectivity index (χ1) is 22.3. The molecule has 0 radical (unpaired) electrons. The molecule has 5 rings (SSSR count). The van der Waals surface area contributed by atoms with Crippen LogP contribution in [0.25, 0.3) is 6.08 Å². The Morgan fingerprint density at radius 1 is 0.913 bits per heavy atom. The highest BCUT2D eigenvalue weighted by molar-refractivity contribution is 7.07. The zero-order valence-electron chi connectivity index (χ0n) is 26.1. The Balaban J connectivity index is 1.57. The number of allylic oxidation sites excluding steroid dienone is 1. The van der Waals surface area contributed by atoms with Crippen LogP contribution in [0.5, 0.6) is 17.2 Å². The van der Waals surface area contributed by atoms with Crippen LogP contribution in [0.4, 0.5) is 5.69 Å². The van der Waals surface area contributed by atoms with E-state index in [0.29, 0.717) is 62.3 Å². The Labute approximate surface area is 270 Å². The number of ether oxygens (including phenoxy) is 4. The Morgan fingerprint density at radius 2 is 1.65 bits per heavy atom. The van der Waals surface area contributed by atoms with Crippen molar-refractivity contribution in [2.45, 2.75) is 33.7 Å². The van der Waals surface area contributed by atoms with Crippen LogP contribution in [-0.4, -0.2) is 42.9 Å². The fourth-order valence-corrected chi connectivity index (χ4v) is 6.10. The third-order valence-electron chi connectivity index (χ3n) is 7.02. The van der Waals surface area contributed by atoms with Crippen molar-refractivity contribution >= 4 is 35.0 Å². The van der Waals surface area contributed by atoms with E-state index in [-0.39, 0.29) is 24.7 Å². The Bertz CT molecular complexity index is 1930. The zero-order chi connectivity index (χ0) is 32.6. The van der Waals surface area contributed by atoms with Gasteiger partial charge in [0.15, 0.2) is 22.9 Å². The van der Waals surface area contributed by atoms with Crippen LogP contribution in [0, 0.1) is 0 Å². The summed E-state index contributed by atoms with van der Waals surface area (Å²) in [6, 6.07) is 21.0. The quantitative estimate of drug-likeness (QED) is 0.225. The molecule has 1 N–H and O–H groups in total. The van der Waals surface area contributed by atoms with Crippen molar-refractivity contribution < 1.29 is 28.5 Å². The summed E-state index contributed by atoms with van der Waals surface area (Å²) in [5.74, 6) is 0.671. The molecule has 10 nitrogen and oxygen atoms in total. The van der Waals surface area contributed by atoms with E-state index in [2.05, 4.69) is 5.32 Å². The van der Waals surface area contributed by atoms with Gasteiger partial charge in [-0.2, -0.15) is 0 Å². The smallest absolute Gasteiger partial charge is 0.344 e. The minimum atomic E-state index is -0.726. The number of hydrogen-bond acceptors (Lipinski definition) is 9. The van der Waals surface area contributed by atoms with Crippen LogP contribution in [0.1, 0.15) is 44.9 Å². The molecule has 238 valence electrons. The van der Waals surface area contributed by atoms with Gasteiger partial charge in [0.05, 0.1) is 41.7 Å². The molecule has 11 heteroatoms. The van der Waals surface area contributed by atoms with Gasteiger partial charge in [0, 0.05) is 5.69 Å². The highest BCUT2D eigenvalue weighted by atomic mass is 32.1. The molecule has 1 atom stereocenters. The van der Waals surface area contributed by atoms with E-state index in [1.807, 2.05) is 56.3 Å². The van der Waals surface area contributed by atoms with Crippen LogP contribution in [-0.2, 0) is 14.3 Å². The predicted octanol–water partition coefficient (Wildman–Crippen LogP) is 4.61. The summed E-state index contributed by atoms with van der Waals surface area (Å²) < 4.78 is 24.0. The minimum absolute atomic E-state index is 0.253. The number of benzene rings is 3. The fourth-order valence-electron chi connectivity index (χ4n) is 5.05. The molecular formula is C35H35N3O7S. The van der Waals surface area contributed by atoms with Crippen LogP contribution >= 0.6 is 11.3 Å². The lowest BCUT2D eigenvalue weighted by molar-refractivity contribution is -0.145. The molecule has 4 aromatic rings. The molecule has 0 unspecified atom stereocenters. The SMILES string of the molecule is CCOC(=O)COc1ccc(/C=c2\sc3n(c2=O)[C@H](c2ccc(OCC)cc2)C(C(=O)Nc2ccccc2)=C(C)N=3)cc1OCC. The van der Waals surface area contributed by atoms with Crippen molar-refractivity contribution in [2.24, 2.45) is 4.99 Å². The van der Waals surface area contributed by atoms with Crippen LogP contribution < -0.4 is 34.4 Å². The molecule has 1 aliphatic rings. The molecule has 1 aliphatic heterocycles. The van der Waals surface area contributed by atoms with E-state index in [0.717, 1.165) is 5.56 Å². The number of rotatable bonds is 12. The van der Waals surface area contributed by atoms with E-state index >= 15 is 0 Å².